The van der Waals surface area contributed by atoms with Crippen molar-refractivity contribution in [3.63, 3.8) is 0 Å². The van der Waals surface area contributed by atoms with Crippen LogP contribution in [-0.2, 0) is 9.59 Å². The Morgan fingerprint density at radius 3 is 2.33 bits per heavy atom. The highest BCUT2D eigenvalue weighted by Crippen LogP contribution is 2.37. The number of rotatable bonds is 6. The topological polar surface area (TPSA) is 46.2 Å². The van der Waals surface area contributed by atoms with Gasteiger partial charge in [0.05, 0.1) is 0 Å². The molecule has 1 N–H and O–H groups in total. The van der Waals surface area contributed by atoms with Crippen molar-refractivity contribution in [3.05, 3.63) is 64.5 Å². The normalized spacial score (nSPS) is 19.7. The van der Waals surface area contributed by atoms with Gasteiger partial charge in [0.1, 0.15) is 17.5 Å². The van der Waals surface area contributed by atoms with E-state index in [4.69, 9.17) is 0 Å². The summed E-state index contributed by atoms with van der Waals surface area (Å²) in [7, 11) is 0. The SMILES string of the molecule is Cc1cc(C)c(C2C(=O)CC(CCNSc3ccc(F)cc3)C2=O)c(C)c1. The summed E-state index contributed by atoms with van der Waals surface area (Å²) in [5.41, 5.74) is 4.08. The number of halogens is 1. The fourth-order valence-corrected chi connectivity index (χ4v) is 4.58. The molecule has 2 aromatic rings. The zero-order valence-corrected chi connectivity index (χ0v) is 16.7. The van der Waals surface area contributed by atoms with Crippen molar-refractivity contribution in [1.29, 1.82) is 0 Å². The molecule has 142 valence electrons. The van der Waals surface area contributed by atoms with Gasteiger partial charge in [-0.25, -0.2) is 4.39 Å². The Labute approximate surface area is 163 Å². The molecule has 27 heavy (non-hydrogen) atoms. The molecule has 0 aliphatic heterocycles. The van der Waals surface area contributed by atoms with Crippen molar-refractivity contribution in [2.75, 3.05) is 6.54 Å². The number of benzene rings is 2. The van der Waals surface area contributed by atoms with Crippen LogP contribution in [0.15, 0.2) is 41.3 Å². The second-order valence-corrected chi connectivity index (χ2v) is 8.22. The summed E-state index contributed by atoms with van der Waals surface area (Å²) >= 11 is 1.41. The molecule has 2 aromatic carbocycles. The number of Topliss-reactive ketones (excluding diaryl/α,β-unsaturated/α-hetero) is 2. The third-order valence-corrected chi connectivity index (χ3v) is 5.94. The Morgan fingerprint density at radius 1 is 1.07 bits per heavy atom. The summed E-state index contributed by atoms with van der Waals surface area (Å²) in [5.74, 6) is -1.03. The Hall–Kier alpha value is -1.98. The van der Waals surface area contributed by atoms with E-state index in [9.17, 15) is 14.0 Å². The van der Waals surface area contributed by atoms with Gasteiger partial charge in [0.2, 0.25) is 0 Å². The largest absolute Gasteiger partial charge is 0.298 e. The monoisotopic (exact) mass is 385 g/mol. The highest BCUT2D eigenvalue weighted by molar-refractivity contribution is 7.97. The first-order valence-corrected chi connectivity index (χ1v) is 9.98. The lowest BCUT2D eigenvalue weighted by atomic mass is 9.86. The van der Waals surface area contributed by atoms with E-state index in [0.29, 0.717) is 19.4 Å². The van der Waals surface area contributed by atoms with Gasteiger partial charge in [-0.2, -0.15) is 0 Å². The molecule has 1 aliphatic rings. The van der Waals surface area contributed by atoms with Gasteiger partial charge in [-0.1, -0.05) is 17.7 Å². The fraction of sp³-hybridized carbons (Fsp3) is 0.364. The molecule has 0 saturated heterocycles. The third kappa shape index (κ3) is 4.47. The van der Waals surface area contributed by atoms with Gasteiger partial charge in [0.15, 0.2) is 5.78 Å². The Balaban J connectivity index is 1.60. The van der Waals surface area contributed by atoms with Crippen molar-refractivity contribution < 1.29 is 14.0 Å². The first-order valence-electron chi connectivity index (χ1n) is 9.16. The summed E-state index contributed by atoms with van der Waals surface area (Å²) in [6.45, 7) is 6.59. The van der Waals surface area contributed by atoms with Gasteiger partial charge >= 0.3 is 0 Å². The number of hydrogen-bond acceptors (Lipinski definition) is 4. The van der Waals surface area contributed by atoms with E-state index in [0.717, 1.165) is 27.1 Å². The van der Waals surface area contributed by atoms with Crippen molar-refractivity contribution >= 4 is 23.5 Å². The lowest BCUT2D eigenvalue weighted by molar-refractivity contribution is -0.124. The number of carbonyl (C=O) groups is 2. The lowest BCUT2D eigenvalue weighted by Gasteiger charge is -2.16. The van der Waals surface area contributed by atoms with Crippen molar-refractivity contribution in [2.24, 2.45) is 5.92 Å². The molecule has 0 bridgehead atoms. The van der Waals surface area contributed by atoms with Crippen LogP contribution in [0.4, 0.5) is 4.39 Å². The quantitative estimate of drug-likeness (QED) is 0.446. The molecular formula is C22H24FNO2S. The summed E-state index contributed by atoms with van der Waals surface area (Å²) in [6.07, 6.45) is 0.943. The first kappa shape index (κ1) is 19.8. The molecule has 0 amide bonds. The maximum Gasteiger partial charge on any atom is 0.151 e. The Morgan fingerprint density at radius 2 is 1.70 bits per heavy atom. The number of carbonyl (C=O) groups excluding carboxylic acids is 2. The molecule has 1 fully saturated rings. The van der Waals surface area contributed by atoms with Crippen LogP contribution in [0.3, 0.4) is 0 Å². The summed E-state index contributed by atoms with van der Waals surface area (Å²) in [6, 6.07) is 10.3. The van der Waals surface area contributed by atoms with Crippen LogP contribution < -0.4 is 4.72 Å². The van der Waals surface area contributed by atoms with Crippen LogP contribution in [0.5, 0.6) is 0 Å². The van der Waals surface area contributed by atoms with Gasteiger partial charge in [0.25, 0.3) is 0 Å². The third-order valence-electron chi connectivity index (χ3n) is 5.08. The molecule has 1 aliphatic carbocycles. The number of ketones is 2. The molecule has 0 aromatic heterocycles. The van der Waals surface area contributed by atoms with E-state index in [2.05, 4.69) is 4.72 Å². The average molecular weight is 386 g/mol. The molecule has 2 atom stereocenters. The predicted molar refractivity (Wildman–Crippen MR) is 106 cm³/mol. The molecule has 1 saturated carbocycles. The number of hydrogen-bond donors (Lipinski definition) is 1. The number of nitrogens with one attached hydrogen (secondary N) is 1. The maximum absolute atomic E-state index is 12.9. The van der Waals surface area contributed by atoms with Crippen LogP contribution in [0.25, 0.3) is 0 Å². The van der Waals surface area contributed by atoms with Crippen LogP contribution in [0, 0.1) is 32.5 Å². The van der Waals surface area contributed by atoms with Crippen LogP contribution >= 0.6 is 11.9 Å². The zero-order valence-electron chi connectivity index (χ0n) is 15.8. The summed E-state index contributed by atoms with van der Waals surface area (Å²) in [4.78, 5) is 26.4. The summed E-state index contributed by atoms with van der Waals surface area (Å²) in [5, 5.41) is 0. The van der Waals surface area contributed by atoms with Gasteiger partial charge < -0.3 is 0 Å². The lowest BCUT2D eigenvalue weighted by Crippen LogP contribution is -2.19. The first-order chi connectivity index (χ1) is 12.9. The second kappa shape index (κ2) is 8.36. The smallest absolute Gasteiger partial charge is 0.151 e. The van der Waals surface area contributed by atoms with Crippen LogP contribution in [-0.4, -0.2) is 18.1 Å². The zero-order chi connectivity index (χ0) is 19.6. The van der Waals surface area contributed by atoms with E-state index >= 15 is 0 Å². The van der Waals surface area contributed by atoms with Crippen LogP contribution in [0.2, 0.25) is 0 Å². The predicted octanol–water partition coefficient (Wildman–Crippen LogP) is 4.68. The minimum atomic E-state index is -0.611. The molecule has 0 spiro atoms. The van der Waals surface area contributed by atoms with E-state index in [1.54, 1.807) is 12.1 Å². The van der Waals surface area contributed by atoms with E-state index in [-0.39, 0.29) is 23.3 Å². The van der Waals surface area contributed by atoms with Gasteiger partial charge in [-0.05, 0) is 80.1 Å². The molecule has 5 heteroatoms. The highest BCUT2D eigenvalue weighted by Gasteiger charge is 2.42. The number of aryl methyl sites for hydroxylation is 3. The van der Waals surface area contributed by atoms with Crippen LogP contribution in [0.1, 0.15) is 41.0 Å². The van der Waals surface area contributed by atoms with Crippen molar-refractivity contribution in [1.82, 2.24) is 4.72 Å². The fourth-order valence-electron chi connectivity index (χ4n) is 3.92. The standard InChI is InChI=1S/C22H24FNO2S/c1-13-10-14(2)20(15(3)11-13)21-19(25)12-16(22(21)26)8-9-24-27-18-6-4-17(23)5-7-18/h4-7,10-11,16,21,24H,8-9,12H2,1-3H3. The average Bonchev–Trinajstić information content (AvgIpc) is 2.87. The van der Waals surface area contributed by atoms with E-state index < -0.39 is 5.92 Å². The second-order valence-electron chi connectivity index (χ2n) is 7.25. The van der Waals surface area contributed by atoms with Crippen molar-refractivity contribution in [3.8, 4) is 0 Å². The Bertz CT molecular complexity index is 840. The Kier molecular flexibility index (Phi) is 6.12. The molecule has 3 rings (SSSR count). The summed E-state index contributed by atoms with van der Waals surface area (Å²) < 4.78 is 16.1. The van der Waals surface area contributed by atoms with Gasteiger partial charge in [-0.15, -0.1) is 0 Å². The minimum absolute atomic E-state index is 0.0336. The highest BCUT2D eigenvalue weighted by atomic mass is 32.2. The minimum Gasteiger partial charge on any atom is -0.298 e. The van der Waals surface area contributed by atoms with E-state index in [1.807, 2.05) is 32.9 Å². The molecular weight excluding hydrogens is 361 g/mol. The van der Waals surface area contributed by atoms with E-state index in [1.165, 1.54) is 24.1 Å². The van der Waals surface area contributed by atoms with Gasteiger partial charge in [0, 0.05) is 23.8 Å². The maximum atomic E-state index is 12.9. The van der Waals surface area contributed by atoms with Gasteiger partial charge in [-0.3, -0.25) is 14.3 Å². The molecule has 0 heterocycles. The molecule has 2 unspecified atom stereocenters. The van der Waals surface area contributed by atoms with Crippen molar-refractivity contribution in [2.45, 2.75) is 44.4 Å². The molecule has 3 nitrogen and oxygen atoms in total. The molecule has 0 radical (unpaired) electrons.